The summed E-state index contributed by atoms with van der Waals surface area (Å²) in [6.45, 7) is 6.51. The number of anilines is 1. The monoisotopic (exact) mass is 430 g/mol. The van der Waals surface area contributed by atoms with E-state index in [2.05, 4.69) is 18.7 Å². The van der Waals surface area contributed by atoms with E-state index in [9.17, 15) is 17.8 Å². The second kappa shape index (κ2) is 9.40. The SMILES string of the molecule is CCN(CC)c1ccc2cc(-c3cc[n+](CCCCS(=O)(=O)[O-])cc3)c(=O)oc2c1. The molecule has 0 aliphatic carbocycles. The first-order valence-electron chi connectivity index (χ1n) is 10.1. The standard InChI is InChI=1S/C22H26N2O5S/c1-3-24(4-2)19-8-7-18-15-20(22(25)29-21(18)16-19)17-9-12-23(13-10-17)11-5-6-14-30(26,27)28/h7-10,12-13,15-16H,3-6,11,14H2,1-2H3. The Bertz CT molecular complexity index is 1170. The van der Waals surface area contributed by atoms with Crippen molar-refractivity contribution in [3.63, 3.8) is 0 Å². The molecule has 7 nitrogen and oxygen atoms in total. The Labute approximate surface area is 176 Å². The molecule has 0 spiro atoms. The number of rotatable bonds is 9. The van der Waals surface area contributed by atoms with Crippen LogP contribution >= 0.6 is 0 Å². The molecule has 0 amide bonds. The minimum absolute atomic E-state index is 0.324. The zero-order chi connectivity index (χ0) is 21.7. The van der Waals surface area contributed by atoms with E-state index in [1.54, 1.807) is 0 Å². The summed E-state index contributed by atoms with van der Waals surface area (Å²) < 4.78 is 39.4. The van der Waals surface area contributed by atoms with Crippen LogP contribution in [0.25, 0.3) is 22.1 Å². The van der Waals surface area contributed by atoms with Crippen molar-refractivity contribution in [3.05, 3.63) is 59.2 Å². The van der Waals surface area contributed by atoms with Gasteiger partial charge in [0.1, 0.15) is 12.1 Å². The highest BCUT2D eigenvalue weighted by atomic mass is 32.2. The summed E-state index contributed by atoms with van der Waals surface area (Å²) in [7, 11) is -4.16. The third-order valence-corrected chi connectivity index (χ3v) is 5.90. The van der Waals surface area contributed by atoms with Crippen LogP contribution in [0.5, 0.6) is 0 Å². The molecule has 0 aliphatic heterocycles. The van der Waals surface area contributed by atoms with Gasteiger partial charge in [-0.15, -0.1) is 0 Å². The van der Waals surface area contributed by atoms with Gasteiger partial charge in [-0.1, -0.05) is 0 Å². The summed E-state index contributed by atoms with van der Waals surface area (Å²) >= 11 is 0. The molecule has 0 fully saturated rings. The summed E-state index contributed by atoms with van der Waals surface area (Å²) in [5.41, 5.74) is 2.43. The molecular formula is C22H26N2O5S. The molecule has 3 rings (SSSR count). The highest BCUT2D eigenvalue weighted by Crippen LogP contribution is 2.24. The second-order valence-corrected chi connectivity index (χ2v) is 8.66. The van der Waals surface area contributed by atoms with Gasteiger partial charge >= 0.3 is 5.63 Å². The molecule has 0 atom stereocenters. The van der Waals surface area contributed by atoms with E-state index in [-0.39, 0.29) is 5.75 Å². The van der Waals surface area contributed by atoms with Gasteiger partial charge in [-0.3, -0.25) is 0 Å². The minimum atomic E-state index is -4.16. The van der Waals surface area contributed by atoms with Gasteiger partial charge in [0.25, 0.3) is 0 Å². The Morgan fingerprint density at radius 1 is 1.03 bits per heavy atom. The highest BCUT2D eigenvalue weighted by molar-refractivity contribution is 7.85. The van der Waals surface area contributed by atoms with Gasteiger partial charge in [0.2, 0.25) is 0 Å². The molecule has 0 saturated carbocycles. The third-order valence-electron chi connectivity index (χ3n) is 5.11. The normalized spacial score (nSPS) is 11.7. The van der Waals surface area contributed by atoms with Crippen LogP contribution < -0.4 is 15.1 Å². The molecule has 1 aromatic carbocycles. The van der Waals surface area contributed by atoms with Crippen LogP contribution in [0.15, 0.2) is 58.0 Å². The first-order chi connectivity index (χ1) is 14.3. The van der Waals surface area contributed by atoms with E-state index in [0.29, 0.717) is 30.5 Å². The van der Waals surface area contributed by atoms with Gasteiger partial charge in [0.15, 0.2) is 12.4 Å². The molecule has 0 aliphatic rings. The first-order valence-corrected chi connectivity index (χ1v) is 11.6. The lowest BCUT2D eigenvalue weighted by Gasteiger charge is -2.21. The summed E-state index contributed by atoms with van der Waals surface area (Å²) in [4.78, 5) is 14.8. The van der Waals surface area contributed by atoms with Crippen LogP contribution in [0.3, 0.4) is 0 Å². The molecule has 160 valence electrons. The number of fused-ring (bicyclic) bond motifs is 1. The van der Waals surface area contributed by atoms with E-state index < -0.39 is 15.7 Å². The van der Waals surface area contributed by atoms with Gasteiger partial charge in [0, 0.05) is 60.1 Å². The molecule has 0 saturated heterocycles. The Kier molecular flexibility index (Phi) is 6.89. The van der Waals surface area contributed by atoms with Crippen molar-refractivity contribution >= 4 is 26.8 Å². The zero-order valence-electron chi connectivity index (χ0n) is 17.2. The van der Waals surface area contributed by atoms with Gasteiger partial charge in [-0.2, -0.15) is 0 Å². The fraction of sp³-hybridized carbons (Fsp3) is 0.364. The van der Waals surface area contributed by atoms with Crippen molar-refractivity contribution in [2.75, 3.05) is 23.7 Å². The lowest BCUT2D eigenvalue weighted by atomic mass is 10.1. The van der Waals surface area contributed by atoms with Gasteiger partial charge in [0.05, 0.1) is 15.7 Å². The van der Waals surface area contributed by atoms with Crippen molar-refractivity contribution in [2.45, 2.75) is 33.2 Å². The first kappa shape index (κ1) is 22.0. The quantitative estimate of drug-likeness (QED) is 0.224. The molecule has 2 aromatic heterocycles. The predicted molar refractivity (Wildman–Crippen MR) is 115 cm³/mol. The average molecular weight is 431 g/mol. The molecule has 3 aromatic rings. The molecule has 0 N–H and O–H groups in total. The minimum Gasteiger partial charge on any atom is -0.748 e. The van der Waals surface area contributed by atoms with Gasteiger partial charge in [-0.25, -0.2) is 17.8 Å². The van der Waals surface area contributed by atoms with Crippen LogP contribution in [-0.2, 0) is 16.7 Å². The Hall–Kier alpha value is -2.71. The Morgan fingerprint density at radius 2 is 1.73 bits per heavy atom. The molecular weight excluding hydrogens is 404 g/mol. The number of hydrogen-bond donors (Lipinski definition) is 0. The fourth-order valence-corrected chi connectivity index (χ4v) is 4.00. The molecule has 2 heterocycles. The van der Waals surface area contributed by atoms with E-state index in [4.69, 9.17) is 4.42 Å². The predicted octanol–water partition coefficient (Wildman–Crippen LogP) is 2.92. The largest absolute Gasteiger partial charge is 0.748 e. The third kappa shape index (κ3) is 5.46. The number of unbranched alkanes of at least 4 members (excludes halogenated alkanes) is 1. The summed E-state index contributed by atoms with van der Waals surface area (Å²) in [5.74, 6) is -0.347. The van der Waals surface area contributed by atoms with Crippen LogP contribution in [0.1, 0.15) is 26.7 Å². The smallest absolute Gasteiger partial charge is 0.344 e. The maximum absolute atomic E-state index is 12.6. The Balaban J connectivity index is 1.78. The molecule has 8 heteroatoms. The Morgan fingerprint density at radius 3 is 2.37 bits per heavy atom. The zero-order valence-corrected chi connectivity index (χ0v) is 18.0. The number of nitrogens with zero attached hydrogens (tertiary/aromatic N) is 2. The number of pyridine rings is 1. The average Bonchev–Trinajstić information content (AvgIpc) is 2.71. The molecule has 0 bridgehead atoms. The topological polar surface area (TPSA) is 94.5 Å². The van der Waals surface area contributed by atoms with Crippen LogP contribution in [0.4, 0.5) is 5.69 Å². The van der Waals surface area contributed by atoms with Crippen molar-refractivity contribution in [2.24, 2.45) is 0 Å². The molecule has 30 heavy (non-hydrogen) atoms. The van der Waals surface area contributed by atoms with Gasteiger partial charge in [-0.05, 0) is 38.5 Å². The van der Waals surface area contributed by atoms with Crippen molar-refractivity contribution in [3.8, 4) is 11.1 Å². The fourth-order valence-electron chi connectivity index (χ4n) is 3.45. The van der Waals surface area contributed by atoms with E-state index in [1.807, 2.05) is 53.4 Å². The van der Waals surface area contributed by atoms with Crippen LogP contribution in [0.2, 0.25) is 0 Å². The lowest BCUT2D eigenvalue weighted by molar-refractivity contribution is -0.697. The number of aromatic nitrogens is 1. The summed E-state index contributed by atoms with van der Waals surface area (Å²) in [5, 5.41) is 0.857. The molecule has 0 radical (unpaired) electrons. The van der Waals surface area contributed by atoms with E-state index in [1.165, 1.54) is 0 Å². The maximum atomic E-state index is 12.6. The van der Waals surface area contributed by atoms with Crippen LogP contribution in [-0.4, -0.2) is 31.8 Å². The number of aryl methyl sites for hydroxylation is 1. The van der Waals surface area contributed by atoms with E-state index in [0.717, 1.165) is 29.7 Å². The van der Waals surface area contributed by atoms with E-state index >= 15 is 0 Å². The second-order valence-electron chi connectivity index (χ2n) is 7.14. The summed E-state index contributed by atoms with van der Waals surface area (Å²) in [6, 6.07) is 11.4. The number of hydrogen-bond acceptors (Lipinski definition) is 6. The van der Waals surface area contributed by atoms with Crippen molar-refractivity contribution in [1.29, 1.82) is 0 Å². The molecule has 0 unspecified atom stereocenters. The van der Waals surface area contributed by atoms with Crippen LogP contribution in [0, 0.1) is 0 Å². The maximum Gasteiger partial charge on any atom is 0.344 e. The van der Waals surface area contributed by atoms with Crippen molar-refractivity contribution in [1.82, 2.24) is 0 Å². The highest BCUT2D eigenvalue weighted by Gasteiger charge is 2.11. The lowest BCUT2D eigenvalue weighted by Crippen LogP contribution is -2.32. The summed E-state index contributed by atoms with van der Waals surface area (Å²) in [6.07, 6.45) is 4.56. The van der Waals surface area contributed by atoms with Gasteiger partial charge < -0.3 is 13.9 Å². The van der Waals surface area contributed by atoms with Crippen molar-refractivity contribution < 1.29 is 22.0 Å². The number of benzene rings is 1.